The number of aromatic nitrogens is 2. The van der Waals surface area contributed by atoms with Gasteiger partial charge in [-0.25, -0.2) is 4.39 Å². The molecule has 1 fully saturated rings. The first-order valence-corrected chi connectivity index (χ1v) is 9.28. The molecule has 1 aliphatic heterocycles. The van der Waals surface area contributed by atoms with Crippen LogP contribution in [-0.2, 0) is 7.05 Å². The molecule has 1 saturated heterocycles. The number of benzene rings is 1. The van der Waals surface area contributed by atoms with Gasteiger partial charge in [0.2, 0.25) is 0 Å². The molecule has 0 bridgehead atoms. The molecule has 0 amide bonds. The standard InChI is InChI=1S/C21H21FN4S/c1-13-12-15(14(2)25(13)3)20-19(17-9-6-7-11-23-17)24-21(27)26(20)18-10-5-4-8-16(18)22/h4-12,19-20H,1-3H3,(H,24,27)/t19-,20+/m1/s1. The number of pyridine rings is 1. The molecule has 2 aromatic heterocycles. The summed E-state index contributed by atoms with van der Waals surface area (Å²) >= 11 is 5.63. The summed E-state index contributed by atoms with van der Waals surface area (Å²) in [5, 5.41) is 3.87. The number of para-hydroxylation sites is 1. The molecule has 138 valence electrons. The third-order valence-corrected chi connectivity index (χ3v) is 5.66. The average Bonchev–Trinajstić information content (AvgIpc) is 3.14. The maximum absolute atomic E-state index is 14.7. The predicted molar refractivity (Wildman–Crippen MR) is 109 cm³/mol. The minimum absolute atomic E-state index is 0.168. The molecular formula is C21H21FN4S. The number of hydrogen-bond donors (Lipinski definition) is 1. The summed E-state index contributed by atoms with van der Waals surface area (Å²) in [7, 11) is 2.04. The minimum atomic E-state index is -0.293. The van der Waals surface area contributed by atoms with Crippen LogP contribution >= 0.6 is 12.2 Å². The molecule has 3 aromatic rings. The Morgan fingerprint density at radius 2 is 1.85 bits per heavy atom. The molecule has 4 rings (SSSR count). The Balaban J connectivity index is 1.91. The second-order valence-electron chi connectivity index (χ2n) is 6.83. The molecule has 4 nitrogen and oxygen atoms in total. The summed E-state index contributed by atoms with van der Waals surface area (Å²) in [4.78, 5) is 6.41. The maximum Gasteiger partial charge on any atom is 0.174 e. The van der Waals surface area contributed by atoms with Gasteiger partial charge in [-0.2, -0.15) is 0 Å². The minimum Gasteiger partial charge on any atom is -0.352 e. The number of anilines is 1. The Morgan fingerprint density at radius 1 is 1.11 bits per heavy atom. The molecule has 1 aromatic carbocycles. The SMILES string of the molecule is Cc1cc([C@H]2[C@@H](c3ccccn3)NC(=S)N2c2ccccc2F)c(C)n1C. The van der Waals surface area contributed by atoms with E-state index < -0.39 is 0 Å². The van der Waals surface area contributed by atoms with Crippen LogP contribution in [0.2, 0.25) is 0 Å². The van der Waals surface area contributed by atoms with Crippen molar-refractivity contribution in [2.45, 2.75) is 25.9 Å². The van der Waals surface area contributed by atoms with E-state index in [0.29, 0.717) is 10.8 Å². The van der Waals surface area contributed by atoms with Gasteiger partial charge in [0.05, 0.1) is 23.5 Å². The van der Waals surface area contributed by atoms with E-state index in [0.717, 1.165) is 22.6 Å². The molecular weight excluding hydrogens is 359 g/mol. The van der Waals surface area contributed by atoms with Crippen LogP contribution in [0.3, 0.4) is 0 Å². The first-order chi connectivity index (χ1) is 13.0. The smallest absolute Gasteiger partial charge is 0.174 e. The maximum atomic E-state index is 14.7. The van der Waals surface area contributed by atoms with Gasteiger partial charge in [-0.1, -0.05) is 18.2 Å². The van der Waals surface area contributed by atoms with Gasteiger partial charge < -0.3 is 14.8 Å². The van der Waals surface area contributed by atoms with Gasteiger partial charge in [-0.15, -0.1) is 0 Å². The number of nitrogens with one attached hydrogen (secondary N) is 1. The van der Waals surface area contributed by atoms with Crippen molar-refractivity contribution in [3.8, 4) is 0 Å². The van der Waals surface area contributed by atoms with Crippen LogP contribution in [0.1, 0.15) is 34.7 Å². The van der Waals surface area contributed by atoms with Crippen molar-refractivity contribution in [1.29, 1.82) is 0 Å². The number of rotatable bonds is 3. The van der Waals surface area contributed by atoms with Crippen molar-refractivity contribution in [3.63, 3.8) is 0 Å². The van der Waals surface area contributed by atoms with Crippen LogP contribution < -0.4 is 10.2 Å². The largest absolute Gasteiger partial charge is 0.352 e. The summed E-state index contributed by atoms with van der Waals surface area (Å²) < 4.78 is 16.8. The third-order valence-electron chi connectivity index (χ3n) is 5.34. The summed E-state index contributed by atoms with van der Waals surface area (Å²) in [6.07, 6.45) is 1.77. The van der Waals surface area contributed by atoms with Gasteiger partial charge in [0.15, 0.2) is 5.11 Å². The van der Waals surface area contributed by atoms with E-state index in [2.05, 4.69) is 34.8 Å². The van der Waals surface area contributed by atoms with E-state index in [4.69, 9.17) is 12.2 Å². The first-order valence-electron chi connectivity index (χ1n) is 8.87. The summed E-state index contributed by atoms with van der Waals surface area (Å²) in [6.45, 7) is 4.15. The van der Waals surface area contributed by atoms with Crippen molar-refractivity contribution >= 4 is 23.0 Å². The van der Waals surface area contributed by atoms with Crippen LogP contribution in [0.25, 0.3) is 0 Å². The van der Waals surface area contributed by atoms with Gasteiger partial charge in [0.25, 0.3) is 0 Å². The monoisotopic (exact) mass is 380 g/mol. The lowest BCUT2D eigenvalue weighted by Gasteiger charge is -2.28. The van der Waals surface area contributed by atoms with Crippen LogP contribution in [0.5, 0.6) is 0 Å². The third kappa shape index (κ3) is 2.90. The fourth-order valence-electron chi connectivity index (χ4n) is 3.76. The Labute approximate surface area is 163 Å². The molecule has 0 radical (unpaired) electrons. The van der Waals surface area contributed by atoms with Crippen molar-refractivity contribution in [1.82, 2.24) is 14.9 Å². The normalized spacial score (nSPS) is 19.4. The van der Waals surface area contributed by atoms with Crippen molar-refractivity contribution < 1.29 is 4.39 Å². The molecule has 0 saturated carbocycles. The molecule has 0 unspecified atom stereocenters. The second kappa shape index (κ2) is 6.78. The van der Waals surface area contributed by atoms with Crippen molar-refractivity contribution in [2.75, 3.05) is 4.90 Å². The zero-order valence-corrected chi connectivity index (χ0v) is 16.3. The lowest BCUT2D eigenvalue weighted by atomic mass is 9.96. The van der Waals surface area contributed by atoms with E-state index in [-0.39, 0.29) is 17.9 Å². The fourth-order valence-corrected chi connectivity index (χ4v) is 4.10. The van der Waals surface area contributed by atoms with Crippen molar-refractivity contribution in [2.24, 2.45) is 7.05 Å². The van der Waals surface area contributed by atoms with E-state index in [1.54, 1.807) is 18.3 Å². The lowest BCUT2D eigenvalue weighted by molar-refractivity contribution is 0.555. The molecule has 0 spiro atoms. The summed E-state index contributed by atoms with van der Waals surface area (Å²) in [6, 6.07) is 14.4. The molecule has 1 N–H and O–H groups in total. The van der Waals surface area contributed by atoms with Gasteiger partial charge >= 0.3 is 0 Å². The number of aryl methyl sites for hydroxylation is 1. The van der Waals surface area contributed by atoms with Crippen LogP contribution in [0.4, 0.5) is 10.1 Å². The molecule has 1 aliphatic rings. The Kier molecular flexibility index (Phi) is 4.44. The van der Waals surface area contributed by atoms with Crippen molar-refractivity contribution in [3.05, 3.63) is 83.2 Å². The van der Waals surface area contributed by atoms with Crippen LogP contribution in [0, 0.1) is 19.7 Å². The second-order valence-corrected chi connectivity index (χ2v) is 7.22. The highest BCUT2D eigenvalue weighted by atomic mass is 32.1. The number of thiocarbonyl (C=S) groups is 1. The Morgan fingerprint density at radius 3 is 2.48 bits per heavy atom. The van der Waals surface area contributed by atoms with E-state index >= 15 is 0 Å². The van der Waals surface area contributed by atoms with Gasteiger partial charge in [0.1, 0.15) is 5.82 Å². The van der Waals surface area contributed by atoms with E-state index in [9.17, 15) is 4.39 Å². The van der Waals surface area contributed by atoms with E-state index in [1.807, 2.05) is 36.2 Å². The topological polar surface area (TPSA) is 33.1 Å². The highest BCUT2D eigenvalue weighted by Gasteiger charge is 2.42. The molecule has 3 heterocycles. The Hall–Kier alpha value is -2.73. The molecule has 27 heavy (non-hydrogen) atoms. The lowest BCUT2D eigenvalue weighted by Crippen LogP contribution is -2.30. The molecule has 0 aliphatic carbocycles. The van der Waals surface area contributed by atoms with Gasteiger partial charge in [0, 0.05) is 24.6 Å². The zero-order valence-electron chi connectivity index (χ0n) is 15.5. The Bertz CT molecular complexity index is 999. The zero-order chi connectivity index (χ0) is 19.1. The highest BCUT2D eigenvalue weighted by Crippen LogP contribution is 2.43. The fraction of sp³-hybridized carbons (Fsp3) is 0.238. The summed E-state index contributed by atoms with van der Waals surface area (Å²) in [5.74, 6) is -0.293. The van der Waals surface area contributed by atoms with E-state index in [1.165, 1.54) is 6.07 Å². The van der Waals surface area contributed by atoms with Gasteiger partial charge in [-0.3, -0.25) is 4.98 Å². The first kappa shape index (κ1) is 17.7. The van der Waals surface area contributed by atoms with Gasteiger partial charge in [-0.05, 0) is 62.0 Å². The number of halogens is 1. The van der Waals surface area contributed by atoms with Crippen LogP contribution in [-0.4, -0.2) is 14.7 Å². The number of nitrogens with zero attached hydrogens (tertiary/aromatic N) is 3. The average molecular weight is 380 g/mol. The highest BCUT2D eigenvalue weighted by molar-refractivity contribution is 7.80. The molecule has 2 atom stereocenters. The quantitative estimate of drug-likeness (QED) is 0.685. The number of hydrogen-bond acceptors (Lipinski definition) is 2. The van der Waals surface area contributed by atoms with Crippen LogP contribution in [0.15, 0.2) is 54.7 Å². The molecule has 6 heteroatoms. The summed E-state index contributed by atoms with van der Waals surface area (Å²) in [5.41, 5.74) is 4.74. The predicted octanol–water partition coefficient (Wildman–Crippen LogP) is 4.35.